The second-order valence-corrected chi connectivity index (χ2v) is 11.5. The van der Waals surface area contributed by atoms with E-state index in [1.807, 2.05) is 0 Å². The summed E-state index contributed by atoms with van der Waals surface area (Å²) in [5, 5.41) is 40.7. The summed E-state index contributed by atoms with van der Waals surface area (Å²) in [6.07, 6.45) is 6.51. The summed E-state index contributed by atoms with van der Waals surface area (Å²) in [7, 11) is -4.03. The van der Waals surface area contributed by atoms with Crippen LogP contribution in [-0.2, 0) is 27.7 Å². The van der Waals surface area contributed by atoms with Gasteiger partial charge in [0, 0.05) is 0 Å². The molecule has 228 valence electrons. The zero-order chi connectivity index (χ0) is 28.7. The molecule has 0 aromatic heterocycles. The van der Waals surface area contributed by atoms with Crippen molar-refractivity contribution in [1.82, 2.24) is 0 Å². The lowest BCUT2D eigenvalue weighted by molar-refractivity contribution is -0.170. The van der Waals surface area contributed by atoms with Crippen molar-refractivity contribution in [3.63, 3.8) is 0 Å². The highest BCUT2D eigenvalue weighted by Crippen LogP contribution is 2.50. The van der Waals surface area contributed by atoms with E-state index in [-0.39, 0.29) is 19.8 Å². The topological polar surface area (TPSA) is 152 Å². The Morgan fingerprint density at radius 2 is 1.03 bits per heavy atom. The number of ether oxygens (including phenoxy) is 1. The van der Waals surface area contributed by atoms with Crippen LogP contribution in [0.15, 0.2) is 0 Å². The highest BCUT2D eigenvalue weighted by molar-refractivity contribution is 7.48. The van der Waals surface area contributed by atoms with Gasteiger partial charge < -0.3 is 25.2 Å². The fourth-order valence-corrected chi connectivity index (χ4v) is 4.92. The zero-order valence-corrected chi connectivity index (χ0v) is 24.8. The molecule has 0 heterocycles. The maximum Gasteiger partial charge on any atom is 0.474 e. The summed E-state index contributed by atoms with van der Waals surface area (Å²) >= 11 is 0. The average Bonchev–Trinajstić information content (AvgIpc) is 2.91. The van der Waals surface area contributed by atoms with Crippen LogP contribution in [0.5, 0.6) is 0 Å². The normalized spacial score (nSPS) is 15.2. The molecule has 0 aromatic carbocycles. The van der Waals surface area contributed by atoms with Crippen molar-refractivity contribution in [1.29, 1.82) is 0 Å². The quantitative estimate of drug-likeness (QED) is 0.0600. The van der Waals surface area contributed by atoms with Crippen LogP contribution in [0, 0.1) is 0 Å². The fraction of sp³-hybridized carbons (Fsp3) is 0.963. The van der Waals surface area contributed by atoms with E-state index in [1.165, 1.54) is 0 Å². The molecular formula is C27H55O10P. The van der Waals surface area contributed by atoms with Crippen LogP contribution in [-0.4, -0.2) is 77.2 Å². The Morgan fingerprint density at radius 3 is 1.47 bits per heavy atom. The Balaban J connectivity index is 4.70. The third-order valence-corrected chi connectivity index (χ3v) is 7.66. The molecule has 0 aliphatic heterocycles. The standard InChI is InChI=1S/C27H55O10P/c1-4-7-10-13-16-19-34-27(32)26(31)25(30)24(29)23(28)22-37-38(33,35-20-17-14-11-8-5-2)36-21-18-15-12-9-6-3/h23-26,28-31H,4-22H2,1-3H3/t23-,24-,25+,26-/m1/s1. The van der Waals surface area contributed by atoms with Gasteiger partial charge in [0.2, 0.25) is 0 Å². The van der Waals surface area contributed by atoms with E-state index in [9.17, 15) is 29.8 Å². The van der Waals surface area contributed by atoms with Crippen LogP contribution >= 0.6 is 7.82 Å². The summed E-state index contributed by atoms with van der Waals surface area (Å²) in [5.41, 5.74) is 0. The van der Waals surface area contributed by atoms with E-state index in [0.29, 0.717) is 19.3 Å². The minimum Gasteiger partial charge on any atom is -0.464 e. The van der Waals surface area contributed by atoms with E-state index in [0.717, 1.165) is 77.0 Å². The third-order valence-electron chi connectivity index (χ3n) is 6.20. The Morgan fingerprint density at radius 1 is 0.605 bits per heavy atom. The van der Waals surface area contributed by atoms with Crippen molar-refractivity contribution in [2.45, 2.75) is 141 Å². The Kier molecular flexibility index (Phi) is 23.9. The number of esters is 1. The lowest BCUT2D eigenvalue weighted by Crippen LogP contribution is -2.49. The maximum atomic E-state index is 13.1. The first-order valence-corrected chi connectivity index (χ1v) is 16.1. The number of rotatable bonds is 27. The molecule has 10 nitrogen and oxygen atoms in total. The Labute approximate surface area is 230 Å². The molecule has 11 heteroatoms. The van der Waals surface area contributed by atoms with Crippen molar-refractivity contribution < 1.29 is 48.1 Å². The van der Waals surface area contributed by atoms with Gasteiger partial charge in [-0.2, -0.15) is 0 Å². The third kappa shape index (κ3) is 18.7. The minimum atomic E-state index is -4.03. The van der Waals surface area contributed by atoms with Gasteiger partial charge in [0.1, 0.15) is 18.3 Å². The van der Waals surface area contributed by atoms with Gasteiger partial charge in [0.25, 0.3) is 0 Å². The number of hydrogen-bond donors (Lipinski definition) is 4. The Hall–Kier alpha value is -0.580. The fourth-order valence-electron chi connectivity index (χ4n) is 3.66. The van der Waals surface area contributed by atoms with Crippen LogP contribution in [0.1, 0.15) is 117 Å². The number of aliphatic hydroxyl groups is 4. The lowest BCUT2D eigenvalue weighted by Gasteiger charge is -2.26. The highest BCUT2D eigenvalue weighted by atomic mass is 31.2. The molecule has 0 saturated carbocycles. The number of carbonyl (C=O) groups is 1. The van der Waals surface area contributed by atoms with Gasteiger partial charge in [-0.15, -0.1) is 0 Å². The smallest absolute Gasteiger partial charge is 0.464 e. The summed E-state index contributed by atoms with van der Waals surface area (Å²) in [4.78, 5) is 12.0. The molecule has 0 aromatic rings. The van der Waals surface area contributed by atoms with Crippen molar-refractivity contribution in [2.75, 3.05) is 26.4 Å². The molecule has 4 N–H and O–H groups in total. The molecule has 0 rings (SSSR count). The molecule has 0 aliphatic carbocycles. The second-order valence-electron chi connectivity index (χ2n) is 9.81. The first-order chi connectivity index (χ1) is 18.2. The molecule has 0 fully saturated rings. The number of aliphatic hydroxyl groups excluding tert-OH is 4. The maximum absolute atomic E-state index is 13.1. The number of hydrogen-bond acceptors (Lipinski definition) is 10. The number of phosphoric acid groups is 1. The van der Waals surface area contributed by atoms with Gasteiger partial charge in [0.05, 0.1) is 26.4 Å². The van der Waals surface area contributed by atoms with E-state index in [1.54, 1.807) is 0 Å². The summed E-state index contributed by atoms with van der Waals surface area (Å²) in [6, 6.07) is 0. The van der Waals surface area contributed by atoms with Gasteiger partial charge in [-0.05, 0) is 19.3 Å². The van der Waals surface area contributed by atoms with Gasteiger partial charge in [0.15, 0.2) is 6.10 Å². The SMILES string of the molecule is CCCCCCCOC(=O)[C@H](O)[C@@H](O)[C@H](O)[C@H](O)COP(=O)(OCCCCCCC)OCCCCCCC. The van der Waals surface area contributed by atoms with E-state index in [4.69, 9.17) is 18.3 Å². The van der Waals surface area contributed by atoms with E-state index in [2.05, 4.69) is 20.8 Å². The molecule has 0 spiro atoms. The van der Waals surface area contributed by atoms with Crippen LogP contribution in [0.4, 0.5) is 0 Å². The van der Waals surface area contributed by atoms with Gasteiger partial charge in [-0.1, -0.05) is 97.8 Å². The van der Waals surface area contributed by atoms with Crippen LogP contribution < -0.4 is 0 Å². The second kappa shape index (κ2) is 24.2. The average molecular weight is 571 g/mol. The Bertz CT molecular complexity index is 586. The molecule has 0 aliphatic rings. The van der Waals surface area contributed by atoms with E-state index >= 15 is 0 Å². The summed E-state index contributed by atoms with van der Waals surface area (Å²) in [6.45, 7) is 6.01. The molecular weight excluding hydrogens is 515 g/mol. The van der Waals surface area contributed by atoms with Gasteiger partial charge in [-0.3, -0.25) is 13.6 Å². The predicted octanol–water partition coefficient (Wildman–Crippen LogP) is 5.04. The molecule has 0 amide bonds. The van der Waals surface area contributed by atoms with Crippen molar-refractivity contribution in [3.05, 3.63) is 0 Å². The first kappa shape index (κ1) is 37.4. The summed E-state index contributed by atoms with van der Waals surface area (Å²) in [5.74, 6) is -1.09. The lowest BCUT2D eigenvalue weighted by atomic mass is 10.0. The van der Waals surface area contributed by atoms with E-state index < -0.39 is 44.8 Å². The molecule has 0 saturated heterocycles. The van der Waals surface area contributed by atoms with Crippen LogP contribution in [0.25, 0.3) is 0 Å². The number of carbonyl (C=O) groups excluding carboxylic acids is 1. The summed E-state index contributed by atoms with van der Waals surface area (Å²) < 4.78 is 34.2. The molecule has 0 unspecified atom stereocenters. The zero-order valence-electron chi connectivity index (χ0n) is 23.9. The van der Waals surface area contributed by atoms with Crippen molar-refractivity contribution in [3.8, 4) is 0 Å². The van der Waals surface area contributed by atoms with Crippen molar-refractivity contribution >= 4 is 13.8 Å². The molecule has 0 radical (unpaired) electrons. The number of phosphoric ester groups is 1. The van der Waals surface area contributed by atoms with Crippen molar-refractivity contribution in [2.24, 2.45) is 0 Å². The minimum absolute atomic E-state index is 0.0861. The van der Waals surface area contributed by atoms with Crippen LogP contribution in [0.3, 0.4) is 0 Å². The molecule has 38 heavy (non-hydrogen) atoms. The largest absolute Gasteiger partial charge is 0.474 e. The first-order valence-electron chi connectivity index (χ1n) is 14.6. The molecule has 0 bridgehead atoms. The highest BCUT2D eigenvalue weighted by Gasteiger charge is 2.37. The monoisotopic (exact) mass is 570 g/mol. The predicted molar refractivity (Wildman–Crippen MR) is 147 cm³/mol. The van der Waals surface area contributed by atoms with Gasteiger partial charge >= 0.3 is 13.8 Å². The van der Waals surface area contributed by atoms with Crippen LogP contribution in [0.2, 0.25) is 0 Å². The van der Waals surface area contributed by atoms with Gasteiger partial charge in [-0.25, -0.2) is 9.36 Å². The number of unbranched alkanes of at least 4 members (excludes halogenated alkanes) is 12. The molecule has 4 atom stereocenters.